The van der Waals surface area contributed by atoms with Crippen molar-refractivity contribution in [3.63, 3.8) is 0 Å². The van der Waals surface area contributed by atoms with Crippen LogP contribution in [-0.4, -0.2) is 11.2 Å². The molecule has 0 amide bonds. The summed E-state index contributed by atoms with van der Waals surface area (Å²) in [7, 11) is 0. The Bertz CT molecular complexity index is 616. The highest BCUT2D eigenvalue weighted by Gasteiger charge is 1.99. The molecule has 0 spiro atoms. The molecule has 0 atom stereocenters. The Labute approximate surface area is 119 Å². The van der Waals surface area contributed by atoms with Gasteiger partial charge in [-0.25, -0.2) is 0 Å². The number of hydrogen-bond acceptors (Lipinski definition) is 2. The van der Waals surface area contributed by atoms with Gasteiger partial charge in [0.2, 0.25) is 0 Å². The number of aromatic nitrogens is 1. The number of benzene rings is 1. The van der Waals surface area contributed by atoms with Crippen molar-refractivity contribution in [3.8, 4) is 5.75 Å². The van der Waals surface area contributed by atoms with Gasteiger partial charge in [-0.2, -0.15) is 0 Å². The van der Waals surface area contributed by atoms with E-state index in [9.17, 15) is 4.79 Å². The van der Waals surface area contributed by atoms with Gasteiger partial charge in [-0.05, 0) is 43.9 Å². The van der Waals surface area contributed by atoms with Crippen molar-refractivity contribution in [2.75, 3.05) is 6.61 Å². The van der Waals surface area contributed by atoms with Gasteiger partial charge in [-0.1, -0.05) is 24.3 Å². The molecule has 2 aromatic rings. The van der Waals surface area contributed by atoms with Crippen molar-refractivity contribution >= 4 is 0 Å². The van der Waals surface area contributed by atoms with E-state index in [-0.39, 0.29) is 5.56 Å². The van der Waals surface area contributed by atoms with Crippen LogP contribution >= 0.6 is 0 Å². The third-order valence-corrected chi connectivity index (χ3v) is 3.28. The lowest BCUT2D eigenvalue weighted by Crippen LogP contribution is -2.18. The molecule has 20 heavy (non-hydrogen) atoms. The molecule has 0 unspecified atom stereocenters. The van der Waals surface area contributed by atoms with E-state index in [1.807, 2.05) is 50.4 Å². The van der Waals surface area contributed by atoms with Crippen LogP contribution in [0.4, 0.5) is 0 Å². The molecule has 0 N–H and O–H groups in total. The first kappa shape index (κ1) is 14.4. The summed E-state index contributed by atoms with van der Waals surface area (Å²) in [5, 5.41) is 0. The van der Waals surface area contributed by atoms with Gasteiger partial charge in [0.15, 0.2) is 0 Å². The molecule has 2 rings (SSSR count). The second-order valence-electron chi connectivity index (χ2n) is 5.06. The molecule has 1 aromatic carbocycles. The SMILES string of the molecule is Cc1ccc(=O)n(CCCCOc2ccccc2C)c1. The summed E-state index contributed by atoms with van der Waals surface area (Å²) in [4.78, 5) is 11.6. The second-order valence-corrected chi connectivity index (χ2v) is 5.06. The molecular weight excluding hydrogens is 250 g/mol. The zero-order chi connectivity index (χ0) is 14.4. The van der Waals surface area contributed by atoms with Gasteiger partial charge in [0.05, 0.1) is 6.61 Å². The predicted molar refractivity (Wildman–Crippen MR) is 81.3 cm³/mol. The number of pyridine rings is 1. The fourth-order valence-corrected chi connectivity index (χ4v) is 2.11. The van der Waals surface area contributed by atoms with E-state index >= 15 is 0 Å². The van der Waals surface area contributed by atoms with Gasteiger partial charge in [0.25, 0.3) is 5.56 Å². The number of rotatable bonds is 6. The van der Waals surface area contributed by atoms with Gasteiger partial charge >= 0.3 is 0 Å². The van der Waals surface area contributed by atoms with Crippen LogP contribution in [0.1, 0.15) is 24.0 Å². The van der Waals surface area contributed by atoms with E-state index in [1.54, 1.807) is 10.6 Å². The first-order valence-electron chi connectivity index (χ1n) is 7.02. The lowest BCUT2D eigenvalue weighted by molar-refractivity contribution is 0.301. The summed E-state index contributed by atoms with van der Waals surface area (Å²) in [6, 6.07) is 11.5. The third kappa shape index (κ3) is 3.98. The molecule has 0 saturated heterocycles. The van der Waals surface area contributed by atoms with E-state index < -0.39 is 0 Å². The van der Waals surface area contributed by atoms with Crippen LogP contribution in [0.3, 0.4) is 0 Å². The molecule has 106 valence electrons. The van der Waals surface area contributed by atoms with E-state index in [0.717, 1.165) is 36.3 Å². The average molecular weight is 271 g/mol. The minimum absolute atomic E-state index is 0.0652. The highest BCUT2D eigenvalue weighted by Crippen LogP contribution is 2.16. The van der Waals surface area contributed by atoms with Crippen LogP contribution in [0.5, 0.6) is 5.75 Å². The fourth-order valence-electron chi connectivity index (χ4n) is 2.11. The number of unbranched alkanes of at least 4 members (excludes halogenated alkanes) is 1. The standard InChI is InChI=1S/C17H21NO2/c1-14-9-10-17(19)18(13-14)11-5-6-12-20-16-8-4-3-7-15(16)2/h3-4,7-10,13H,5-6,11-12H2,1-2H3. The monoisotopic (exact) mass is 271 g/mol. The van der Waals surface area contributed by atoms with Gasteiger partial charge in [-0.3, -0.25) is 4.79 Å². The van der Waals surface area contributed by atoms with Crippen LogP contribution in [-0.2, 0) is 6.54 Å². The summed E-state index contributed by atoms with van der Waals surface area (Å²) in [5.74, 6) is 0.945. The van der Waals surface area contributed by atoms with Crippen molar-refractivity contribution in [2.45, 2.75) is 33.2 Å². The molecule has 3 heteroatoms. The smallest absolute Gasteiger partial charge is 0.250 e. The van der Waals surface area contributed by atoms with Crippen molar-refractivity contribution in [2.24, 2.45) is 0 Å². The second kappa shape index (κ2) is 6.94. The largest absolute Gasteiger partial charge is 0.493 e. The third-order valence-electron chi connectivity index (χ3n) is 3.28. The number of para-hydroxylation sites is 1. The molecule has 0 saturated carbocycles. The Morgan fingerprint density at radius 1 is 1.05 bits per heavy atom. The van der Waals surface area contributed by atoms with Crippen molar-refractivity contribution in [1.29, 1.82) is 0 Å². The van der Waals surface area contributed by atoms with Gasteiger partial charge in [0, 0.05) is 18.8 Å². The summed E-state index contributed by atoms with van der Waals surface area (Å²) in [5.41, 5.74) is 2.33. The highest BCUT2D eigenvalue weighted by molar-refractivity contribution is 5.31. The van der Waals surface area contributed by atoms with Crippen molar-refractivity contribution in [1.82, 2.24) is 4.57 Å². The Hall–Kier alpha value is -2.03. The van der Waals surface area contributed by atoms with Crippen LogP contribution in [0.15, 0.2) is 47.4 Å². The summed E-state index contributed by atoms with van der Waals surface area (Å²) < 4.78 is 7.51. The quantitative estimate of drug-likeness (QED) is 0.755. The predicted octanol–water partition coefficient (Wildman–Crippen LogP) is 3.32. The topological polar surface area (TPSA) is 31.2 Å². The molecule has 1 aromatic heterocycles. The molecule has 3 nitrogen and oxygen atoms in total. The number of nitrogens with zero attached hydrogens (tertiary/aromatic N) is 1. The Balaban J connectivity index is 1.76. The molecule has 0 aliphatic carbocycles. The summed E-state index contributed by atoms with van der Waals surface area (Å²) >= 11 is 0. The number of hydrogen-bond donors (Lipinski definition) is 0. The molecule has 0 aliphatic rings. The zero-order valence-corrected chi connectivity index (χ0v) is 12.1. The molecule has 1 heterocycles. The minimum Gasteiger partial charge on any atom is -0.493 e. The van der Waals surface area contributed by atoms with Crippen LogP contribution in [0, 0.1) is 13.8 Å². The first-order chi connectivity index (χ1) is 9.66. The number of aryl methyl sites for hydroxylation is 3. The lowest BCUT2D eigenvalue weighted by Gasteiger charge is -2.09. The molecule has 0 aliphatic heterocycles. The summed E-state index contributed by atoms with van der Waals surface area (Å²) in [6.07, 6.45) is 3.79. The minimum atomic E-state index is 0.0652. The Morgan fingerprint density at radius 2 is 1.85 bits per heavy atom. The lowest BCUT2D eigenvalue weighted by atomic mass is 10.2. The Morgan fingerprint density at radius 3 is 2.65 bits per heavy atom. The molecule has 0 radical (unpaired) electrons. The van der Waals surface area contributed by atoms with E-state index in [4.69, 9.17) is 4.74 Å². The summed E-state index contributed by atoms with van der Waals surface area (Å²) in [6.45, 7) is 5.47. The zero-order valence-electron chi connectivity index (χ0n) is 12.1. The maximum atomic E-state index is 11.6. The maximum Gasteiger partial charge on any atom is 0.250 e. The number of ether oxygens (including phenoxy) is 1. The first-order valence-corrected chi connectivity index (χ1v) is 7.02. The maximum absolute atomic E-state index is 11.6. The van der Waals surface area contributed by atoms with Crippen LogP contribution < -0.4 is 10.3 Å². The van der Waals surface area contributed by atoms with E-state index in [0.29, 0.717) is 6.61 Å². The van der Waals surface area contributed by atoms with E-state index in [2.05, 4.69) is 0 Å². The highest BCUT2D eigenvalue weighted by atomic mass is 16.5. The van der Waals surface area contributed by atoms with Gasteiger partial charge in [-0.15, -0.1) is 0 Å². The Kier molecular flexibility index (Phi) is 4.99. The van der Waals surface area contributed by atoms with Crippen molar-refractivity contribution < 1.29 is 4.74 Å². The average Bonchev–Trinajstić information content (AvgIpc) is 2.44. The van der Waals surface area contributed by atoms with Crippen LogP contribution in [0.25, 0.3) is 0 Å². The molecule has 0 bridgehead atoms. The normalized spacial score (nSPS) is 10.5. The van der Waals surface area contributed by atoms with Gasteiger partial charge in [0.1, 0.15) is 5.75 Å². The van der Waals surface area contributed by atoms with Crippen molar-refractivity contribution in [3.05, 3.63) is 64.1 Å². The molecule has 0 fully saturated rings. The van der Waals surface area contributed by atoms with Crippen LogP contribution in [0.2, 0.25) is 0 Å². The molecular formula is C17H21NO2. The van der Waals surface area contributed by atoms with Gasteiger partial charge < -0.3 is 9.30 Å². The fraction of sp³-hybridized carbons (Fsp3) is 0.353. The van der Waals surface area contributed by atoms with E-state index in [1.165, 1.54) is 0 Å².